The molecule has 1 aliphatic heterocycles. The Kier molecular flexibility index (Phi) is 9.95. The SMILES string of the molecule is Nc1ccc(S(=O)(=O)N2CCS[C@H]2C(=O)OC(Cc2c(Cl)c[n+]([O-])cc2Cl)c2ccc(OC(F)F)c(OCC3CC3)c2)cc1. The molecule has 44 heavy (non-hydrogen) atoms. The minimum atomic E-state index is -4.09. The summed E-state index contributed by atoms with van der Waals surface area (Å²) in [6.07, 6.45) is 2.78. The molecule has 1 saturated heterocycles. The largest absolute Gasteiger partial charge is 0.619 e. The molecule has 0 radical (unpaired) electrons. The van der Waals surface area contributed by atoms with E-state index in [9.17, 15) is 27.2 Å². The number of carbonyl (C=O) groups excluding carboxylic acids is 1. The lowest BCUT2D eigenvalue weighted by atomic mass is 10.0. The number of esters is 1. The van der Waals surface area contributed by atoms with Crippen molar-refractivity contribution in [2.45, 2.75) is 42.2 Å². The van der Waals surface area contributed by atoms with Crippen molar-refractivity contribution in [1.82, 2.24) is 4.31 Å². The molecule has 1 aromatic heterocycles. The van der Waals surface area contributed by atoms with Gasteiger partial charge in [-0.2, -0.15) is 17.8 Å². The van der Waals surface area contributed by atoms with E-state index in [2.05, 4.69) is 4.74 Å². The first-order valence-corrected chi connectivity index (χ1v) is 16.6. The van der Waals surface area contributed by atoms with Crippen molar-refractivity contribution < 1.29 is 40.9 Å². The standard InChI is InChI=1S/C28H27Cl2F2N3O7S2/c29-21-13-34(37)14-22(30)20(21)12-24(17-3-8-23(42-28(31)32)25(11-17)40-15-16-1-2-16)41-27(36)26-35(9-10-43-26)44(38,39)19-6-4-18(33)5-7-19/h3-8,11,13-14,16,24,26,28H,1-2,9-10,12,15,33H2/t24?,26-/m0/s1. The highest BCUT2D eigenvalue weighted by Crippen LogP contribution is 2.39. The molecule has 2 N–H and O–H groups in total. The molecule has 2 aliphatic rings. The zero-order chi connectivity index (χ0) is 31.6. The zero-order valence-electron chi connectivity index (χ0n) is 22.9. The van der Waals surface area contributed by atoms with E-state index in [4.69, 9.17) is 38.4 Å². The first-order valence-electron chi connectivity index (χ1n) is 13.4. The third kappa shape index (κ3) is 7.60. The second kappa shape index (κ2) is 13.5. The number of hydrogen-bond donors (Lipinski definition) is 1. The van der Waals surface area contributed by atoms with Crippen LogP contribution in [-0.2, 0) is 26.0 Å². The second-order valence-corrected chi connectivity index (χ2v) is 14.1. The smallest absolute Gasteiger partial charge is 0.387 e. The Balaban J connectivity index is 1.47. The number of nitrogen functional groups attached to an aromatic ring is 1. The molecule has 10 nitrogen and oxygen atoms in total. The maximum Gasteiger partial charge on any atom is 0.387 e. The molecule has 0 bridgehead atoms. The number of nitrogens with two attached hydrogens (primary N) is 1. The van der Waals surface area contributed by atoms with Gasteiger partial charge >= 0.3 is 12.6 Å². The molecule has 2 heterocycles. The summed E-state index contributed by atoms with van der Waals surface area (Å²) >= 11 is 13.7. The van der Waals surface area contributed by atoms with E-state index in [1.807, 2.05) is 0 Å². The van der Waals surface area contributed by atoms with E-state index in [0.29, 0.717) is 27.7 Å². The predicted octanol–water partition coefficient (Wildman–Crippen LogP) is 5.19. The fraction of sp³-hybridized carbons (Fsp3) is 0.357. The van der Waals surface area contributed by atoms with Crippen LogP contribution in [0.5, 0.6) is 11.5 Å². The Labute approximate surface area is 266 Å². The molecule has 5 rings (SSSR count). The molecular weight excluding hydrogens is 663 g/mol. The molecule has 0 spiro atoms. The molecule has 2 fully saturated rings. The van der Waals surface area contributed by atoms with Crippen LogP contribution in [0.25, 0.3) is 0 Å². The molecular formula is C28H27Cl2F2N3O7S2. The number of hydrogen-bond acceptors (Lipinski definition) is 9. The van der Waals surface area contributed by atoms with Crippen molar-refractivity contribution in [3.63, 3.8) is 0 Å². The van der Waals surface area contributed by atoms with Crippen LogP contribution < -0.4 is 19.9 Å². The summed E-state index contributed by atoms with van der Waals surface area (Å²) in [4.78, 5) is 13.6. The summed E-state index contributed by atoms with van der Waals surface area (Å²) in [6, 6.07) is 9.71. The first kappa shape index (κ1) is 32.4. The Hall–Kier alpha value is -3.04. The van der Waals surface area contributed by atoms with Gasteiger partial charge in [-0.1, -0.05) is 29.3 Å². The number of nitrogens with zero attached hydrogens (tertiary/aromatic N) is 2. The number of sulfonamides is 1. The van der Waals surface area contributed by atoms with Gasteiger partial charge in [0.1, 0.15) is 16.1 Å². The van der Waals surface area contributed by atoms with Gasteiger partial charge in [-0.3, -0.25) is 0 Å². The van der Waals surface area contributed by atoms with Gasteiger partial charge in [-0.15, -0.1) is 11.8 Å². The summed E-state index contributed by atoms with van der Waals surface area (Å²) in [6.45, 7) is -2.77. The normalized spacial score (nSPS) is 17.9. The van der Waals surface area contributed by atoms with Crippen LogP contribution >= 0.6 is 35.0 Å². The lowest BCUT2D eigenvalue weighted by molar-refractivity contribution is -0.605. The van der Waals surface area contributed by atoms with Gasteiger partial charge in [0, 0.05) is 30.0 Å². The number of benzene rings is 2. The van der Waals surface area contributed by atoms with Crippen LogP contribution in [0.15, 0.2) is 59.8 Å². The Bertz CT molecular complexity index is 1610. The molecule has 16 heteroatoms. The molecule has 236 valence electrons. The summed E-state index contributed by atoms with van der Waals surface area (Å²) in [5.74, 6) is -0.434. The Morgan fingerprint density at radius 1 is 1.11 bits per heavy atom. The van der Waals surface area contributed by atoms with Crippen LogP contribution in [0.3, 0.4) is 0 Å². The number of ether oxygens (including phenoxy) is 3. The van der Waals surface area contributed by atoms with Gasteiger partial charge in [-0.25, -0.2) is 13.2 Å². The molecule has 2 aromatic carbocycles. The third-order valence-corrected chi connectivity index (χ3v) is 10.8. The van der Waals surface area contributed by atoms with E-state index < -0.39 is 34.1 Å². The van der Waals surface area contributed by atoms with Crippen molar-refractivity contribution in [2.24, 2.45) is 5.92 Å². The number of pyridine rings is 1. The maximum absolute atomic E-state index is 13.7. The number of alkyl halides is 2. The Morgan fingerprint density at radius 3 is 2.43 bits per heavy atom. The van der Waals surface area contributed by atoms with Crippen LogP contribution in [0.2, 0.25) is 10.0 Å². The molecule has 1 unspecified atom stereocenters. The van der Waals surface area contributed by atoms with Gasteiger partial charge in [0.25, 0.3) is 0 Å². The maximum atomic E-state index is 13.7. The van der Waals surface area contributed by atoms with Crippen LogP contribution in [0, 0.1) is 11.1 Å². The third-order valence-electron chi connectivity index (χ3n) is 6.97. The highest BCUT2D eigenvalue weighted by Gasteiger charge is 2.42. The van der Waals surface area contributed by atoms with Crippen molar-refractivity contribution in [2.75, 3.05) is 24.6 Å². The van der Waals surface area contributed by atoms with Crippen molar-refractivity contribution in [3.8, 4) is 11.5 Å². The first-order chi connectivity index (χ1) is 20.9. The average Bonchev–Trinajstić information content (AvgIpc) is 3.65. The highest BCUT2D eigenvalue weighted by atomic mass is 35.5. The van der Waals surface area contributed by atoms with Crippen molar-refractivity contribution in [1.29, 1.82) is 0 Å². The Morgan fingerprint density at radius 2 is 1.80 bits per heavy atom. The highest BCUT2D eigenvalue weighted by molar-refractivity contribution is 8.02. The number of thioether (sulfide) groups is 1. The minimum Gasteiger partial charge on any atom is -0.619 e. The van der Waals surface area contributed by atoms with Crippen LogP contribution in [0.4, 0.5) is 14.5 Å². The average molecular weight is 691 g/mol. The fourth-order valence-corrected chi connectivity index (χ4v) is 8.17. The molecule has 0 amide bonds. The topological polar surface area (TPSA) is 135 Å². The van der Waals surface area contributed by atoms with Crippen molar-refractivity contribution in [3.05, 3.63) is 81.2 Å². The predicted molar refractivity (Wildman–Crippen MR) is 160 cm³/mol. The number of halogens is 4. The van der Waals surface area contributed by atoms with Gasteiger partial charge in [0.05, 0.1) is 11.5 Å². The summed E-state index contributed by atoms with van der Waals surface area (Å²) in [7, 11) is -4.09. The van der Waals surface area contributed by atoms with E-state index in [1.165, 1.54) is 42.5 Å². The van der Waals surface area contributed by atoms with Crippen molar-refractivity contribution >= 4 is 56.6 Å². The number of carbonyl (C=O) groups is 1. The number of aromatic nitrogens is 1. The minimum absolute atomic E-state index is 0.000735. The van der Waals surface area contributed by atoms with Gasteiger partial charge in [0.15, 0.2) is 29.3 Å². The lowest BCUT2D eigenvalue weighted by Crippen LogP contribution is -2.40. The zero-order valence-corrected chi connectivity index (χ0v) is 26.1. The van der Waals surface area contributed by atoms with Gasteiger partial charge < -0.3 is 25.2 Å². The molecule has 1 aliphatic carbocycles. The molecule has 1 saturated carbocycles. The van der Waals surface area contributed by atoms with Gasteiger partial charge in [-0.05, 0) is 60.7 Å². The monoisotopic (exact) mass is 689 g/mol. The van der Waals surface area contributed by atoms with E-state index in [-0.39, 0.29) is 51.6 Å². The molecule has 3 aromatic rings. The fourth-order valence-electron chi connectivity index (χ4n) is 4.52. The molecule has 2 atom stereocenters. The second-order valence-electron chi connectivity index (χ2n) is 10.2. The number of rotatable bonds is 12. The van der Waals surface area contributed by atoms with Crippen LogP contribution in [-0.4, -0.2) is 49.6 Å². The van der Waals surface area contributed by atoms with E-state index in [1.54, 1.807) is 0 Å². The van der Waals surface area contributed by atoms with E-state index >= 15 is 0 Å². The summed E-state index contributed by atoms with van der Waals surface area (Å²) < 4.78 is 71.0. The van der Waals surface area contributed by atoms with E-state index in [0.717, 1.165) is 41.3 Å². The summed E-state index contributed by atoms with van der Waals surface area (Å²) in [5.41, 5.74) is 6.67. The number of anilines is 1. The summed E-state index contributed by atoms with van der Waals surface area (Å²) in [5, 5.41) is 10.6. The quantitative estimate of drug-likeness (QED) is 0.118. The lowest BCUT2D eigenvalue weighted by Gasteiger charge is -2.26. The van der Waals surface area contributed by atoms with Gasteiger partial charge in [0.2, 0.25) is 10.0 Å². The van der Waals surface area contributed by atoms with Crippen LogP contribution in [0.1, 0.15) is 30.1 Å².